The van der Waals surface area contributed by atoms with Gasteiger partial charge in [-0.25, -0.2) is 0 Å². The minimum absolute atomic E-state index is 0.527. The van der Waals surface area contributed by atoms with Gasteiger partial charge in [0.2, 0.25) is 5.95 Å². The van der Waals surface area contributed by atoms with E-state index < -0.39 is 0 Å². The molecule has 2 aliphatic rings. The molecule has 0 bridgehead atoms. The number of rotatable bonds is 5. The molecule has 0 radical (unpaired) electrons. The number of nitrogens with one attached hydrogen (secondary N) is 2. The average molecular weight is 459 g/mol. The topological polar surface area (TPSA) is 56.3 Å². The van der Waals surface area contributed by atoms with Gasteiger partial charge in [-0.05, 0) is 47.7 Å². The number of aromatic nitrogens is 2. The molecule has 170 valence electrons. The smallest absolute Gasteiger partial charge is 0.232 e. The normalized spacial score (nSPS) is 17.5. The van der Waals surface area contributed by atoms with Crippen LogP contribution in [0.3, 0.4) is 0 Å². The molecule has 1 atom stereocenters. The zero-order chi connectivity index (χ0) is 22.6. The first-order chi connectivity index (χ1) is 16.1. The van der Waals surface area contributed by atoms with Crippen LogP contribution in [0.25, 0.3) is 0 Å². The summed E-state index contributed by atoms with van der Waals surface area (Å²) in [5.74, 6) is 3.11. The Balaban J connectivity index is 1.36. The molecule has 7 heteroatoms. The van der Waals surface area contributed by atoms with E-state index in [1.54, 1.807) is 0 Å². The lowest BCUT2D eigenvalue weighted by atomic mass is 10.0. The number of anilines is 3. The van der Waals surface area contributed by atoms with Gasteiger partial charge in [0.25, 0.3) is 0 Å². The van der Waals surface area contributed by atoms with Crippen LogP contribution < -0.4 is 20.4 Å². The minimum Gasteiger partial charge on any atom is -0.358 e. The van der Waals surface area contributed by atoms with Gasteiger partial charge in [0.05, 0.1) is 0 Å². The summed E-state index contributed by atoms with van der Waals surface area (Å²) >= 11 is 5.56. The summed E-state index contributed by atoms with van der Waals surface area (Å²) in [5.41, 5.74) is 3.90. The summed E-state index contributed by atoms with van der Waals surface area (Å²) in [4.78, 5) is 14.4. The Morgan fingerprint density at radius 3 is 2.33 bits per heavy atom. The number of fused-ring (bicyclic) bond motifs is 1. The molecule has 2 N–H and O–H groups in total. The largest absolute Gasteiger partial charge is 0.358 e. The van der Waals surface area contributed by atoms with Gasteiger partial charge >= 0.3 is 0 Å². The third-order valence-corrected chi connectivity index (χ3v) is 6.61. The Morgan fingerprint density at radius 1 is 0.970 bits per heavy atom. The first-order valence-corrected chi connectivity index (χ1v) is 12.1. The predicted octanol–water partition coefficient (Wildman–Crippen LogP) is 4.72. The summed E-state index contributed by atoms with van der Waals surface area (Å²) in [7, 11) is 0. The van der Waals surface area contributed by atoms with Gasteiger partial charge in [-0.2, -0.15) is 9.97 Å². The van der Waals surface area contributed by atoms with Crippen LogP contribution in [-0.4, -0.2) is 28.2 Å². The second kappa shape index (κ2) is 9.75. The van der Waals surface area contributed by atoms with Gasteiger partial charge in [-0.3, -0.25) is 0 Å². The highest BCUT2D eigenvalue weighted by atomic mass is 32.1. The molecule has 0 spiro atoms. The molecule has 3 heterocycles. The van der Waals surface area contributed by atoms with Crippen LogP contribution in [0, 0.1) is 5.92 Å². The Hall–Kier alpha value is -3.19. The van der Waals surface area contributed by atoms with Gasteiger partial charge in [-0.1, -0.05) is 61.5 Å². The molecule has 1 aromatic heterocycles. The molecule has 33 heavy (non-hydrogen) atoms. The van der Waals surface area contributed by atoms with E-state index in [0.717, 1.165) is 37.8 Å². The van der Waals surface area contributed by atoms with Crippen molar-refractivity contribution >= 4 is 34.9 Å². The number of nitrogens with zero attached hydrogens (tertiary/aromatic N) is 4. The number of piperidine rings is 1. The van der Waals surface area contributed by atoms with Crippen molar-refractivity contribution in [2.24, 2.45) is 5.92 Å². The molecule has 0 aliphatic carbocycles. The average Bonchev–Trinajstić information content (AvgIpc) is 3.28. The third-order valence-electron chi connectivity index (χ3n) is 6.37. The molecule has 1 fully saturated rings. The monoisotopic (exact) mass is 458 g/mol. The maximum Gasteiger partial charge on any atom is 0.232 e. The SMILES string of the molecule is C[C@H]1CCCN(c2cc(N3Cc4ccccc4C3)nc(NC(=S)NCc3ccccc3)n2)C1. The predicted molar refractivity (Wildman–Crippen MR) is 138 cm³/mol. The summed E-state index contributed by atoms with van der Waals surface area (Å²) < 4.78 is 0. The molecule has 3 aromatic rings. The van der Waals surface area contributed by atoms with E-state index in [-0.39, 0.29) is 0 Å². The highest BCUT2D eigenvalue weighted by Gasteiger charge is 2.24. The molecule has 0 amide bonds. The standard InChI is InChI=1S/C26H30N6S/c1-19-8-7-13-31(16-19)23-14-24(32-17-21-11-5-6-12-22(21)18-32)29-25(28-23)30-26(33)27-15-20-9-3-2-4-10-20/h2-6,9-12,14,19H,7-8,13,15-18H2,1H3,(H2,27,28,29,30,33)/t19-/m0/s1. The van der Waals surface area contributed by atoms with E-state index in [0.29, 0.717) is 23.5 Å². The maximum atomic E-state index is 5.56. The molecule has 6 nitrogen and oxygen atoms in total. The summed E-state index contributed by atoms with van der Waals surface area (Å²) in [6, 6.07) is 21.0. The van der Waals surface area contributed by atoms with Crippen LogP contribution in [0.4, 0.5) is 17.6 Å². The lowest BCUT2D eigenvalue weighted by molar-refractivity contribution is 0.444. The van der Waals surface area contributed by atoms with E-state index in [4.69, 9.17) is 22.2 Å². The highest BCUT2D eigenvalue weighted by Crippen LogP contribution is 2.31. The van der Waals surface area contributed by atoms with Crippen LogP contribution in [-0.2, 0) is 19.6 Å². The first kappa shape index (κ1) is 21.6. The quantitative estimate of drug-likeness (QED) is 0.537. The molecule has 0 unspecified atom stereocenters. The second-order valence-corrected chi connectivity index (χ2v) is 9.43. The maximum absolute atomic E-state index is 5.56. The van der Waals surface area contributed by atoms with Gasteiger partial charge in [0, 0.05) is 38.8 Å². The van der Waals surface area contributed by atoms with E-state index >= 15 is 0 Å². The fraction of sp³-hybridized carbons (Fsp3) is 0.346. The highest BCUT2D eigenvalue weighted by molar-refractivity contribution is 7.80. The first-order valence-electron chi connectivity index (χ1n) is 11.7. The zero-order valence-electron chi connectivity index (χ0n) is 19.0. The van der Waals surface area contributed by atoms with E-state index in [9.17, 15) is 0 Å². The molecule has 2 aromatic carbocycles. The zero-order valence-corrected chi connectivity index (χ0v) is 19.8. The Labute approximate surface area is 201 Å². The van der Waals surface area contributed by atoms with Crippen LogP contribution in [0.1, 0.15) is 36.5 Å². The molecular formula is C26H30N6S. The van der Waals surface area contributed by atoms with E-state index in [1.807, 2.05) is 18.2 Å². The van der Waals surface area contributed by atoms with Gasteiger partial charge in [0.15, 0.2) is 5.11 Å². The van der Waals surface area contributed by atoms with Gasteiger partial charge < -0.3 is 20.4 Å². The van der Waals surface area contributed by atoms with Crippen molar-refractivity contribution < 1.29 is 0 Å². The molecular weight excluding hydrogens is 428 g/mol. The van der Waals surface area contributed by atoms with Crippen LogP contribution in [0.15, 0.2) is 60.7 Å². The van der Waals surface area contributed by atoms with Gasteiger partial charge in [0.1, 0.15) is 11.6 Å². The van der Waals surface area contributed by atoms with Crippen molar-refractivity contribution in [3.05, 3.63) is 77.4 Å². The second-order valence-electron chi connectivity index (χ2n) is 9.02. The van der Waals surface area contributed by atoms with Crippen LogP contribution in [0.5, 0.6) is 0 Å². The molecule has 2 aliphatic heterocycles. The van der Waals surface area contributed by atoms with Crippen molar-refractivity contribution in [3.63, 3.8) is 0 Å². The van der Waals surface area contributed by atoms with Crippen molar-refractivity contribution in [2.75, 3.05) is 28.2 Å². The van der Waals surface area contributed by atoms with Crippen LogP contribution in [0.2, 0.25) is 0 Å². The lowest BCUT2D eigenvalue weighted by Gasteiger charge is -2.32. The number of hydrogen-bond donors (Lipinski definition) is 2. The summed E-state index contributed by atoms with van der Waals surface area (Å²) in [6.07, 6.45) is 2.46. The summed E-state index contributed by atoms with van der Waals surface area (Å²) in [6.45, 7) is 6.74. The lowest BCUT2D eigenvalue weighted by Crippen LogP contribution is -2.35. The third kappa shape index (κ3) is 5.25. The number of benzene rings is 2. The fourth-order valence-electron chi connectivity index (χ4n) is 4.62. The number of thiocarbonyl (C=S) groups is 1. The van der Waals surface area contributed by atoms with Crippen molar-refractivity contribution in [1.82, 2.24) is 15.3 Å². The van der Waals surface area contributed by atoms with Crippen LogP contribution >= 0.6 is 12.2 Å². The van der Waals surface area contributed by atoms with E-state index in [1.165, 1.54) is 29.5 Å². The molecule has 5 rings (SSSR count). The Morgan fingerprint density at radius 2 is 1.64 bits per heavy atom. The van der Waals surface area contributed by atoms with E-state index in [2.05, 4.69) is 69.8 Å². The van der Waals surface area contributed by atoms with Crippen molar-refractivity contribution in [3.8, 4) is 0 Å². The minimum atomic E-state index is 0.527. The molecule has 0 saturated carbocycles. The fourth-order valence-corrected chi connectivity index (χ4v) is 4.78. The van der Waals surface area contributed by atoms with Crippen molar-refractivity contribution in [1.29, 1.82) is 0 Å². The summed E-state index contributed by atoms with van der Waals surface area (Å²) in [5, 5.41) is 7.03. The molecule has 1 saturated heterocycles. The van der Waals surface area contributed by atoms with Crippen molar-refractivity contribution in [2.45, 2.75) is 39.4 Å². The number of hydrogen-bond acceptors (Lipinski definition) is 5. The Bertz CT molecular complexity index is 1090. The Kier molecular flexibility index (Phi) is 6.39. The van der Waals surface area contributed by atoms with Gasteiger partial charge in [-0.15, -0.1) is 0 Å².